The first-order valence-electron chi connectivity index (χ1n) is 8.65. The van der Waals surface area contributed by atoms with Crippen LogP contribution in [0.2, 0.25) is 5.02 Å². The van der Waals surface area contributed by atoms with Crippen LogP contribution in [0.1, 0.15) is 18.4 Å². The van der Waals surface area contributed by atoms with E-state index in [1.807, 2.05) is 24.2 Å². The highest BCUT2D eigenvalue weighted by Crippen LogP contribution is 2.28. The quantitative estimate of drug-likeness (QED) is 0.761. The van der Waals surface area contributed by atoms with E-state index in [2.05, 4.69) is 15.4 Å². The van der Waals surface area contributed by atoms with Crippen LogP contribution in [0.4, 0.5) is 6.01 Å². The summed E-state index contributed by atoms with van der Waals surface area (Å²) >= 11 is 6.01. The van der Waals surface area contributed by atoms with Crippen molar-refractivity contribution in [3.8, 4) is 0 Å². The Morgan fingerprint density at radius 2 is 2.35 bits per heavy atom. The molecule has 0 aliphatic carbocycles. The molecule has 26 heavy (non-hydrogen) atoms. The van der Waals surface area contributed by atoms with Crippen molar-refractivity contribution in [3.05, 3.63) is 41.2 Å². The van der Waals surface area contributed by atoms with Gasteiger partial charge < -0.3 is 14.6 Å². The Kier molecular flexibility index (Phi) is 4.55. The number of anilines is 1. The number of halogens is 1. The van der Waals surface area contributed by atoms with Gasteiger partial charge in [0.15, 0.2) is 5.58 Å². The van der Waals surface area contributed by atoms with Crippen LogP contribution < -0.4 is 10.2 Å². The zero-order valence-electron chi connectivity index (χ0n) is 14.5. The van der Waals surface area contributed by atoms with Crippen LogP contribution in [-0.4, -0.2) is 33.8 Å². The van der Waals surface area contributed by atoms with Crippen molar-refractivity contribution in [1.82, 2.24) is 20.1 Å². The predicted octanol–water partition coefficient (Wildman–Crippen LogP) is 2.75. The lowest BCUT2D eigenvalue weighted by Crippen LogP contribution is -2.43. The Bertz CT molecular complexity index is 935. The summed E-state index contributed by atoms with van der Waals surface area (Å²) in [6.45, 7) is 1.91. The molecule has 1 saturated heterocycles. The third kappa shape index (κ3) is 3.53. The summed E-state index contributed by atoms with van der Waals surface area (Å²) in [4.78, 5) is 19.1. The molecule has 0 radical (unpaired) electrons. The molecular formula is C18H20ClN5O2. The van der Waals surface area contributed by atoms with Gasteiger partial charge in [0.1, 0.15) is 5.52 Å². The fourth-order valence-corrected chi connectivity index (χ4v) is 3.45. The van der Waals surface area contributed by atoms with E-state index in [0.29, 0.717) is 29.7 Å². The number of aromatic nitrogens is 3. The highest BCUT2D eigenvalue weighted by Gasteiger charge is 2.28. The number of carbonyl (C=O) groups is 1. The Hall–Kier alpha value is -2.54. The number of amides is 1. The van der Waals surface area contributed by atoms with E-state index in [4.69, 9.17) is 16.0 Å². The summed E-state index contributed by atoms with van der Waals surface area (Å²) in [7, 11) is 1.86. The smallest absolute Gasteiger partial charge is 0.298 e. The molecule has 0 spiro atoms. The molecule has 7 nitrogen and oxygen atoms in total. The molecule has 136 valence electrons. The standard InChI is InChI=1S/C18H20ClN5O2/c1-23-10-12(9-21-23)8-20-17(25)13-3-2-6-24(11-13)18-22-15-7-14(19)4-5-16(15)26-18/h4-5,7,9-10,13H,2-3,6,8,11H2,1H3,(H,20,25). The Labute approximate surface area is 155 Å². The maximum absolute atomic E-state index is 12.5. The van der Waals surface area contributed by atoms with E-state index in [1.54, 1.807) is 23.0 Å². The predicted molar refractivity (Wildman–Crippen MR) is 99.0 cm³/mol. The molecule has 1 aliphatic heterocycles. The molecule has 0 saturated carbocycles. The minimum Gasteiger partial charge on any atom is -0.423 e. The van der Waals surface area contributed by atoms with E-state index in [1.165, 1.54) is 0 Å². The first-order valence-corrected chi connectivity index (χ1v) is 9.02. The van der Waals surface area contributed by atoms with Gasteiger partial charge in [0, 0.05) is 43.5 Å². The van der Waals surface area contributed by atoms with Gasteiger partial charge in [0.05, 0.1) is 12.1 Å². The Morgan fingerprint density at radius 3 is 3.15 bits per heavy atom. The van der Waals surface area contributed by atoms with Crippen LogP contribution in [0.15, 0.2) is 35.0 Å². The molecule has 1 amide bonds. The summed E-state index contributed by atoms with van der Waals surface area (Å²) in [6, 6.07) is 5.93. The molecule has 1 unspecified atom stereocenters. The summed E-state index contributed by atoms with van der Waals surface area (Å²) in [5.41, 5.74) is 2.42. The molecule has 3 heterocycles. The SMILES string of the molecule is Cn1cc(CNC(=O)C2CCCN(c3nc4cc(Cl)ccc4o3)C2)cn1. The van der Waals surface area contributed by atoms with Gasteiger partial charge in [-0.1, -0.05) is 11.6 Å². The lowest BCUT2D eigenvalue weighted by Gasteiger charge is -2.30. The normalized spacial score (nSPS) is 17.6. The monoisotopic (exact) mass is 373 g/mol. The van der Waals surface area contributed by atoms with E-state index >= 15 is 0 Å². The second-order valence-corrected chi connectivity index (χ2v) is 7.07. The van der Waals surface area contributed by atoms with E-state index in [9.17, 15) is 4.79 Å². The van der Waals surface area contributed by atoms with Crippen molar-refractivity contribution in [3.63, 3.8) is 0 Å². The van der Waals surface area contributed by atoms with Crippen LogP contribution in [0, 0.1) is 5.92 Å². The number of fused-ring (bicyclic) bond motifs is 1. The van der Waals surface area contributed by atoms with Crippen molar-refractivity contribution in [2.75, 3.05) is 18.0 Å². The number of piperidine rings is 1. The van der Waals surface area contributed by atoms with Crippen molar-refractivity contribution in [1.29, 1.82) is 0 Å². The van der Waals surface area contributed by atoms with E-state index < -0.39 is 0 Å². The van der Waals surface area contributed by atoms with Gasteiger partial charge in [-0.05, 0) is 31.0 Å². The maximum atomic E-state index is 12.5. The summed E-state index contributed by atoms with van der Waals surface area (Å²) < 4.78 is 7.56. The van der Waals surface area contributed by atoms with Crippen molar-refractivity contribution >= 4 is 34.6 Å². The van der Waals surface area contributed by atoms with Crippen LogP contribution >= 0.6 is 11.6 Å². The Balaban J connectivity index is 1.41. The van der Waals surface area contributed by atoms with E-state index in [-0.39, 0.29) is 11.8 Å². The number of carbonyl (C=O) groups excluding carboxylic acids is 1. The molecule has 1 aliphatic rings. The van der Waals surface area contributed by atoms with Crippen molar-refractivity contribution in [2.45, 2.75) is 19.4 Å². The van der Waals surface area contributed by atoms with Gasteiger partial charge >= 0.3 is 0 Å². The van der Waals surface area contributed by atoms with Gasteiger partial charge in [-0.3, -0.25) is 9.48 Å². The third-order valence-corrected chi connectivity index (χ3v) is 4.86. The number of nitrogens with one attached hydrogen (secondary N) is 1. The highest BCUT2D eigenvalue weighted by atomic mass is 35.5. The lowest BCUT2D eigenvalue weighted by atomic mass is 9.97. The average Bonchev–Trinajstić information content (AvgIpc) is 3.25. The number of aryl methyl sites for hydroxylation is 1. The number of oxazole rings is 1. The first-order chi connectivity index (χ1) is 12.6. The summed E-state index contributed by atoms with van der Waals surface area (Å²) in [5, 5.41) is 7.74. The molecule has 1 atom stereocenters. The molecule has 1 aromatic carbocycles. The molecule has 8 heteroatoms. The van der Waals surface area contributed by atoms with Crippen LogP contribution in [0.3, 0.4) is 0 Å². The number of hydrogen-bond donors (Lipinski definition) is 1. The van der Waals surface area contributed by atoms with E-state index in [0.717, 1.165) is 30.5 Å². The van der Waals surface area contributed by atoms with Gasteiger partial charge in [0.2, 0.25) is 5.91 Å². The lowest BCUT2D eigenvalue weighted by molar-refractivity contribution is -0.125. The number of hydrogen-bond acceptors (Lipinski definition) is 5. The molecular weight excluding hydrogens is 354 g/mol. The Morgan fingerprint density at radius 1 is 1.46 bits per heavy atom. The molecule has 3 aromatic rings. The highest BCUT2D eigenvalue weighted by molar-refractivity contribution is 6.31. The maximum Gasteiger partial charge on any atom is 0.298 e. The molecule has 1 N–H and O–H groups in total. The number of benzene rings is 1. The van der Waals surface area contributed by atoms with Crippen molar-refractivity contribution < 1.29 is 9.21 Å². The van der Waals surface area contributed by atoms with Gasteiger partial charge in [0.25, 0.3) is 6.01 Å². The topological polar surface area (TPSA) is 76.2 Å². The first kappa shape index (κ1) is 16.9. The average molecular weight is 374 g/mol. The minimum atomic E-state index is -0.0842. The molecule has 0 bridgehead atoms. The van der Waals surface area contributed by atoms with Gasteiger partial charge in [-0.25, -0.2) is 0 Å². The van der Waals surface area contributed by atoms with Gasteiger partial charge in [-0.15, -0.1) is 0 Å². The van der Waals surface area contributed by atoms with Crippen LogP contribution in [-0.2, 0) is 18.4 Å². The molecule has 1 fully saturated rings. The summed E-state index contributed by atoms with van der Waals surface area (Å²) in [5.74, 6) is -0.0308. The molecule has 4 rings (SSSR count). The second-order valence-electron chi connectivity index (χ2n) is 6.63. The number of rotatable bonds is 4. The zero-order valence-corrected chi connectivity index (χ0v) is 15.2. The van der Waals surface area contributed by atoms with Crippen LogP contribution in [0.25, 0.3) is 11.1 Å². The third-order valence-electron chi connectivity index (χ3n) is 4.63. The number of nitrogens with zero attached hydrogens (tertiary/aromatic N) is 4. The van der Waals surface area contributed by atoms with Crippen LogP contribution in [0.5, 0.6) is 0 Å². The fraction of sp³-hybridized carbons (Fsp3) is 0.389. The van der Waals surface area contributed by atoms with Gasteiger partial charge in [-0.2, -0.15) is 10.1 Å². The zero-order chi connectivity index (χ0) is 18.1. The molecule has 2 aromatic heterocycles. The summed E-state index contributed by atoms with van der Waals surface area (Å²) in [6.07, 6.45) is 5.44. The fourth-order valence-electron chi connectivity index (χ4n) is 3.29. The second kappa shape index (κ2) is 6.99. The minimum absolute atomic E-state index is 0.0534. The largest absolute Gasteiger partial charge is 0.423 e. The van der Waals surface area contributed by atoms with Crippen molar-refractivity contribution in [2.24, 2.45) is 13.0 Å².